The van der Waals surface area contributed by atoms with Gasteiger partial charge in [-0.1, -0.05) is 55.5 Å². The number of carbonyl (C=O) groups is 1. The van der Waals surface area contributed by atoms with Crippen LogP contribution >= 0.6 is 0 Å². The summed E-state index contributed by atoms with van der Waals surface area (Å²) in [6.07, 6.45) is 0.986. The molecule has 0 amide bonds. The normalized spacial score (nSPS) is 10.3. The molecule has 0 aliphatic carbocycles. The van der Waals surface area contributed by atoms with Gasteiger partial charge >= 0.3 is 5.97 Å². The predicted octanol–water partition coefficient (Wildman–Crippen LogP) is 3.54. The van der Waals surface area contributed by atoms with Crippen LogP contribution in [0.1, 0.15) is 18.1 Å². The highest BCUT2D eigenvalue weighted by Crippen LogP contribution is 2.25. The van der Waals surface area contributed by atoms with E-state index in [9.17, 15) is 4.79 Å². The van der Waals surface area contributed by atoms with Crippen molar-refractivity contribution in [3.8, 4) is 11.1 Å². The molecule has 18 heavy (non-hydrogen) atoms. The molecular formula is C16H16O2. The molecule has 0 saturated heterocycles. The molecule has 0 fully saturated rings. The zero-order valence-corrected chi connectivity index (χ0v) is 10.4. The van der Waals surface area contributed by atoms with Gasteiger partial charge in [-0.3, -0.25) is 4.79 Å². The van der Waals surface area contributed by atoms with Crippen molar-refractivity contribution < 1.29 is 9.90 Å². The van der Waals surface area contributed by atoms with Crippen LogP contribution in [0.2, 0.25) is 0 Å². The first-order valence-electron chi connectivity index (χ1n) is 6.09. The summed E-state index contributed by atoms with van der Waals surface area (Å²) in [5.41, 5.74) is 4.42. The van der Waals surface area contributed by atoms with E-state index in [1.807, 2.05) is 36.4 Å². The molecule has 0 bridgehead atoms. The smallest absolute Gasteiger partial charge is 0.307 e. The van der Waals surface area contributed by atoms with Crippen molar-refractivity contribution in [3.05, 3.63) is 59.7 Å². The Balaban J connectivity index is 2.41. The lowest BCUT2D eigenvalue weighted by atomic mass is 9.95. The Labute approximate surface area is 107 Å². The average Bonchev–Trinajstić information content (AvgIpc) is 2.39. The highest BCUT2D eigenvalue weighted by atomic mass is 16.4. The second kappa shape index (κ2) is 5.50. The Bertz CT molecular complexity index is 544. The summed E-state index contributed by atoms with van der Waals surface area (Å²) in [5, 5.41) is 8.82. The van der Waals surface area contributed by atoms with E-state index < -0.39 is 5.97 Å². The number of carboxylic acid groups (broad SMARTS) is 1. The molecule has 0 saturated carbocycles. The number of aryl methyl sites for hydroxylation is 1. The average molecular weight is 240 g/mol. The molecule has 0 aromatic heterocycles. The summed E-state index contributed by atoms with van der Waals surface area (Å²) in [6.45, 7) is 2.09. The third-order valence-electron chi connectivity index (χ3n) is 2.99. The maximum Gasteiger partial charge on any atom is 0.307 e. The van der Waals surface area contributed by atoms with Crippen molar-refractivity contribution in [2.75, 3.05) is 0 Å². The number of hydrogen-bond donors (Lipinski definition) is 1. The zero-order valence-electron chi connectivity index (χ0n) is 10.4. The second-order valence-electron chi connectivity index (χ2n) is 4.28. The monoisotopic (exact) mass is 240 g/mol. The van der Waals surface area contributed by atoms with Gasteiger partial charge in [0.25, 0.3) is 0 Å². The van der Waals surface area contributed by atoms with Gasteiger partial charge in [0.15, 0.2) is 0 Å². The Kier molecular flexibility index (Phi) is 3.78. The van der Waals surface area contributed by atoms with Crippen molar-refractivity contribution in [1.82, 2.24) is 0 Å². The largest absolute Gasteiger partial charge is 0.481 e. The molecular weight excluding hydrogens is 224 g/mol. The Morgan fingerprint density at radius 2 is 1.83 bits per heavy atom. The van der Waals surface area contributed by atoms with E-state index in [0.717, 1.165) is 12.0 Å². The lowest BCUT2D eigenvalue weighted by molar-refractivity contribution is -0.136. The summed E-state index contributed by atoms with van der Waals surface area (Å²) in [7, 11) is 0. The minimum Gasteiger partial charge on any atom is -0.481 e. The van der Waals surface area contributed by atoms with Crippen LogP contribution in [0.15, 0.2) is 48.5 Å². The number of rotatable bonds is 4. The van der Waals surface area contributed by atoms with Crippen molar-refractivity contribution in [2.45, 2.75) is 19.8 Å². The highest BCUT2D eigenvalue weighted by Gasteiger charge is 2.06. The van der Waals surface area contributed by atoms with E-state index in [4.69, 9.17) is 5.11 Å². The van der Waals surface area contributed by atoms with Gasteiger partial charge < -0.3 is 5.11 Å². The standard InChI is InChI=1S/C16H16O2/c1-2-13-10-12(11-16(17)18)8-9-15(13)14-6-4-3-5-7-14/h3-10H,2,11H2,1H3,(H,17,18). The van der Waals surface area contributed by atoms with Crippen molar-refractivity contribution in [3.63, 3.8) is 0 Å². The van der Waals surface area contributed by atoms with E-state index in [0.29, 0.717) is 0 Å². The zero-order chi connectivity index (χ0) is 13.0. The number of carboxylic acids is 1. The van der Waals surface area contributed by atoms with Crippen LogP contribution in [0.3, 0.4) is 0 Å². The molecule has 2 rings (SSSR count). The lowest BCUT2D eigenvalue weighted by Gasteiger charge is -2.10. The first-order chi connectivity index (χ1) is 8.70. The van der Waals surface area contributed by atoms with E-state index in [-0.39, 0.29) is 6.42 Å². The minimum absolute atomic E-state index is 0.0854. The Morgan fingerprint density at radius 1 is 1.11 bits per heavy atom. The summed E-state index contributed by atoms with van der Waals surface area (Å²) >= 11 is 0. The maximum absolute atomic E-state index is 10.7. The van der Waals surface area contributed by atoms with Crippen molar-refractivity contribution in [2.24, 2.45) is 0 Å². The van der Waals surface area contributed by atoms with Crippen LogP contribution in [-0.4, -0.2) is 11.1 Å². The molecule has 2 nitrogen and oxygen atoms in total. The Hall–Kier alpha value is -2.09. The maximum atomic E-state index is 10.7. The fourth-order valence-corrected chi connectivity index (χ4v) is 2.12. The summed E-state index contributed by atoms with van der Waals surface area (Å²) < 4.78 is 0. The molecule has 0 radical (unpaired) electrons. The van der Waals surface area contributed by atoms with Crippen LogP contribution in [0, 0.1) is 0 Å². The van der Waals surface area contributed by atoms with Gasteiger partial charge in [-0.25, -0.2) is 0 Å². The summed E-state index contributed by atoms with van der Waals surface area (Å²) in [6, 6.07) is 16.1. The van der Waals surface area contributed by atoms with Crippen LogP contribution < -0.4 is 0 Å². The third kappa shape index (κ3) is 2.77. The van der Waals surface area contributed by atoms with Crippen molar-refractivity contribution >= 4 is 5.97 Å². The molecule has 2 aromatic carbocycles. The van der Waals surface area contributed by atoms with Crippen LogP contribution in [0.5, 0.6) is 0 Å². The number of hydrogen-bond acceptors (Lipinski definition) is 1. The van der Waals surface area contributed by atoms with Crippen LogP contribution in [0.4, 0.5) is 0 Å². The van der Waals surface area contributed by atoms with E-state index in [1.54, 1.807) is 0 Å². The molecule has 0 spiro atoms. The van der Waals surface area contributed by atoms with E-state index in [2.05, 4.69) is 19.1 Å². The molecule has 2 heteroatoms. The summed E-state index contributed by atoms with van der Waals surface area (Å²) in [5.74, 6) is -0.787. The van der Waals surface area contributed by atoms with Gasteiger partial charge in [-0.05, 0) is 28.7 Å². The molecule has 0 aliphatic heterocycles. The van der Waals surface area contributed by atoms with Gasteiger partial charge in [0.1, 0.15) is 0 Å². The van der Waals surface area contributed by atoms with Gasteiger partial charge in [0.2, 0.25) is 0 Å². The SMILES string of the molecule is CCc1cc(CC(=O)O)ccc1-c1ccccc1. The second-order valence-corrected chi connectivity index (χ2v) is 4.28. The van der Waals surface area contributed by atoms with Gasteiger partial charge in [-0.2, -0.15) is 0 Å². The lowest BCUT2D eigenvalue weighted by Crippen LogP contribution is -2.01. The van der Waals surface area contributed by atoms with Gasteiger partial charge in [-0.15, -0.1) is 0 Å². The number of benzene rings is 2. The molecule has 0 heterocycles. The molecule has 2 aromatic rings. The van der Waals surface area contributed by atoms with E-state index >= 15 is 0 Å². The van der Waals surface area contributed by atoms with Crippen LogP contribution in [-0.2, 0) is 17.6 Å². The topological polar surface area (TPSA) is 37.3 Å². The van der Waals surface area contributed by atoms with Crippen LogP contribution in [0.25, 0.3) is 11.1 Å². The predicted molar refractivity (Wildman–Crippen MR) is 72.6 cm³/mol. The first-order valence-corrected chi connectivity index (χ1v) is 6.09. The minimum atomic E-state index is -0.787. The fourth-order valence-electron chi connectivity index (χ4n) is 2.12. The highest BCUT2D eigenvalue weighted by molar-refractivity contribution is 5.72. The molecule has 0 atom stereocenters. The van der Waals surface area contributed by atoms with Gasteiger partial charge in [0.05, 0.1) is 6.42 Å². The molecule has 0 aliphatic rings. The summed E-state index contributed by atoms with van der Waals surface area (Å²) in [4.78, 5) is 10.7. The number of aliphatic carboxylic acids is 1. The molecule has 92 valence electrons. The van der Waals surface area contributed by atoms with Gasteiger partial charge in [0, 0.05) is 0 Å². The van der Waals surface area contributed by atoms with Crippen molar-refractivity contribution in [1.29, 1.82) is 0 Å². The fraction of sp³-hybridized carbons (Fsp3) is 0.188. The molecule has 1 N–H and O–H groups in total. The van der Waals surface area contributed by atoms with E-state index in [1.165, 1.54) is 16.7 Å². The quantitative estimate of drug-likeness (QED) is 0.887. The Morgan fingerprint density at radius 3 is 2.44 bits per heavy atom. The third-order valence-corrected chi connectivity index (χ3v) is 2.99. The first kappa shape index (κ1) is 12.4. The molecule has 0 unspecified atom stereocenters.